The molecule has 1 aliphatic rings. The molecule has 7 heteroatoms. The highest BCUT2D eigenvalue weighted by molar-refractivity contribution is 7.71. The van der Waals surface area contributed by atoms with Crippen molar-refractivity contribution in [3.05, 3.63) is 26.9 Å². The lowest BCUT2D eigenvalue weighted by molar-refractivity contribution is -0.132. The number of carbonyl (C=O) groups excluding carboxylic acids is 1. The summed E-state index contributed by atoms with van der Waals surface area (Å²) in [6, 6.07) is 3.77. The molecule has 0 radical (unpaired) electrons. The van der Waals surface area contributed by atoms with E-state index in [1.165, 1.54) is 0 Å². The lowest BCUT2D eigenvalue weighted by Gasteiger charge is -2.30. The first-order valence-electron chi connectivity index (χ1n) is 6.30. The summed E-state index contributed by atoms with van der Waals surface area (Å²) in [6.45, 7) is 0.653. The molecule has 1 N–H and O–H groups in total. The van der Waals surface area contributed by atoms with Gasteiger partial charge in [0.1, 0.15) is 0 Å². The number of halogens is 2. The second-order valence-corrected chi connectivity index (χ2v) is 6.25. The van der Waals surface area contributed by atoms with E-state index >= 15 is 0 Å². The maximum Gasteiger partial charge on any atom is 0.222 e. The SMILES string of the molecule is CN1CC(n2c(=S)[nH]c3cc(Cl)c(Cl)cc32)CCC1=O. The summed E-state index contributed by atoms with van der Waals surface area (Å²) in [7, 11) is 1.82. The molecule has 1 aromatic heterocycles. The van der Waals surface area contributed by atoms with Crippen molar-refractivity contribution in [3.8, 4) is 0 Å². The summed E-state index contributed by atoms with van der Waals surface area (Å²) < 4.78 is 2.67. The van der Waals surface area contributed by atoms with Gasteiger partial charge in [-0.25, -0.2) is 0 Å². The molecule has 3 rings (SSSR count). The predicted octanol–water partition coefficient (Wildman–Crippen LogP) is 3.80. The van der Waals surface area contributed by atoms with Crippen molar-refractivity contribution in [1.29, 1.82) is 0 Å². The number of benzene rings is 1. The number of nitrogens with one attached hydrogen (secondary N) is 1. The summed E-state index contributed by atoms with van der Waals surface area (Å²) in [6.07, 6.45) is 1.32. The van der Waals surface area contributed by atoms with Crippen LogP contribution in [0.2, 0.25) is 10.0 Å². The molecule has 20 heavy (non-hydrogen) atoms. The molecule has 1 aliphatic heterocycles. The molecule has 2 aromatic rings. The molecule has 106 valence electrons. The minimum atomic E-state index is 0.163. The van der Waals surface area contributed by atoms with E-state index in [1.54, 1.807) is 11.0 Å². The van der Waals surface area contributed by atoms with Crippen LogP contribution in [0.4, 0.5) is 0 Å². The zero-order valence-electron chi connectivity index (χ0n) is 10.8. The number of fused-ring (bicyclic) bond motifs is 1. The van der Waals surface area contributed by atoms with E-state index in [1.807, 2.05) is 17.7 Å². The smallest absolute Gasteiger partial charge is 0.222 e. The average molecular weight is 330 g/mol. The van der Waals surface area contributed by atoms with Crippen molar-refractivity contribution in [2.45, 2.75) is 18.9 Å². The van der Waals surface area contributed by atoms with Gasteiger partial charge in [0.05, 0.1) is 27.1 Å². The van der Waals surface area contributed by atoms with Crippen LogP contribution in [0, 0.1) is 4.77 Å². The minimum Gasteiger partial charge on any atom is -0.344 e. The van der Waals surface area contributed by atoms with Gasteiger partial charge in [-0.1, -0.05) is 23.2 Å². The van der Waals surface area contributed by atoms with Crippen LogP contribution in [-0.2, 0) is 4.79 Å². The largest absolute Gasteiger partial charge is 0.344 e. The maximum atomic E-state index is 11.6. The number of nitrogens with zero attached hydrogens (tertiary/aromatic N) is 2. The lowest BCUT2D eigenvalue weighted by atomic mass is 10.1. The monoisotopic (exact) mass is 329 g/mol. The minimum absolute atomic E-state index is 0.163. The highest BCUT2D eigenvalue weighted by Crippen LogP contribution is 2.31. The van der Waals surface area contributed by atoms with Gasteiger partial charge < -0.3 is 14.5 Å². The van der Waals surface area contributed by atoms with Crippen LogP contribution in [0.3, 0.4) is 0 Å². The maximum absolute atomic E-state index is 11.6. The Kier molecular flexibility index (Phi) is 3.52. The third-order valence-corrected chi connectivity index (χ3v) is 4.75. The molecule has 1 fully saturated rings. The normalized spacial score (nSPS) is 19.9. The standard InChI is InChI=1S/C13H13Cl2N3OS/c1-17-6-7(2-3-12(17)19)18-11-5-9(15)8(14)4-10(11)16-13(18)20/h4-5,7H,2-3,6H2,1H3,(H,16,20). The van der Waals surface area contributed by atoms with E-state index in [-0.39, 0.29) is 11.9 Å². The van der Waals surface area contributed by atoms with Crippen LogP contribution in [0.5, 0.6) is 0 Å². The molecule has 0 aliphatic carbocycles. The van der Waals surface area contributed by atoms with Crippen molar-refractivity contribution < 1.29 is 4.79 Å². The fourth-order valence-corrected chi connectivity index (χ4v) is 3.36. The fourth-order valence-electron chi connectivity index (χ4n) is 2.68. The molecule has 1 unspecified atom stereocenters. The van der Waals surface area contributed by atoms with Crippen molar-refractivity contribution in [3.63, 3.8) is 0 Å². The van der Waals surface area contributed by atoms with Crippen molar-refractivity contribution in [1.82, 2.24) is 14.5 Å². The number of imidazole rings is 1. The number of amides is 1. The van der Waals surface area contributed by atoms with Crippen molar-refractivity contribution in [2.24, 2.45) is 0 Å². The molecule has 1 aromatic carbocycles. The Morgan fingerprint density at radius 1 is 1.35 bits per heavy atom. The van der Waals surface area contributed by atoms with Crippen molar-refractivity contribution in [2.75, 3.05) is 13.6 Å². The third kappa shape index (κ3) is 2.24. The van der Waals surface area contributed by atoms with Gasteiger partial charge in [0.2, 0.25) is 5.91 Å². The van der Waals surface area contributed by atoms with Gasteiger partial charge in [0.25, 0.3) is 0 Å². The average Bonchev–Trinajstić information content (AvgIpc) is 2.69. The first kappa shape index (κ1) is 13.9. The number of aromatic amines is 1. The third-order valence-electron chi connectivity index (χ3n) is 3.73. The highest BCUT2D eigenvalue weighted by Gasteiger charge is 2.26. The molecular weight excluding hydrogens is 317 g/mol. The van der Waals surface area contributed by atoms with E-state index in [0.29, 0.717) is 27.8 Å². The first-order chi connectivity index (χ1) is 9.47. The van der Waals surface area contributed by atoms with Gasteiger partial charge in [-0.2, -0.15) is 0 Å². The van der Waals surface area contributed by atoms with Crippen LogP contribution < -0.4 is 0 Å². The van der Waals surface area contributed by atoms with Crippen LogP contribution in [-0.4, -0.2) is 34.0 Å². The number of H-pyrrole nitrogens is 1. The second-order valence-electron chi connectivity index (χ2n) is 5.05. The summed E-state index contributed by atoms with van der Waals surface area (Å²) in [5.41, 5.74) is 1.79. The van der Waals surface area contributed by atoms with E-state index in [0.717, 1.165) is 17.5 Å². The topological polar surface area (TPSA) is 41.0 Å². The summed E-state index contributed by atoms with van der Waals surface area (Å²) in [5.74, 6) is 0.175. The zero-order chi connectivity index (χ0) is 14.4. The molecule has 0 bridgehead atoms. The Balaban J connectivity index is 2.12. The number of carbonyl (C=O) groups is 1. The Labute approximate surface area is 131 Å². The van der Waals surface area contributed by atoms with Gasteiger partial charge in [0, 0.05) is 20.0 Å². The number of hydrogen-bond acceptors (Lipinski definition) is 2. The van der Waals surface area contributed by atoms with E-state index in [2.05, 4.69) is 4.98 Å². The number of rotatable bonds is 1. The summed E-state index contributed by atoms with van der Waals surface area (Å²) >= 11 is 17.5. The van der Waals surface area contributed by atoms with E-state index in [4.69, 9.17) is 35.4 Å². The molecule has 2 heterocycles. The fraction of sp³-hybridized carbons (Fsp3) is 0.385. The van der Waals surface area contributed by atoms with Gasteiger partial charge in [-0.15, -0.1) is 0 Å². The Morgan fingerprint density at radius 2 is 2.05 bits per heavy atom. The van der Waals surface area contributed by atoms with E-state index < -0.39 is 0 Å². The zero-order valence-corrected chi connectivity index (χ0v) is 13.1. The van der Waals surface area contributed by atoms with Gasteiger partial charge in [-0.3, -0.25) is 4.79 Å². The molecular formula is C13H13Cl2N3OS. The van der Waals surface area contributed by atoms with Gasteiger partial charge in [0.15, 0.2) is 4.77 Å². The molecule has 1 amide bonds. The number of likely N-dealkylation sites (N-methyl/N-ethyl adjacent to an activating group) is 1. The van der Waals surface area contributed by atoms with Crippen LogP contribution in [0.15, 0.2) is 12.1 Å². The highest BCUT2D eigenvalue weighted by atomic mass is 35.5. The van der Waals surface area contributed by atoms with Crippen LogP contribution in [0.1, 0.15) is 18.9 Å². The van der Waals surface area contributed by atoms with Gasteiger partial charge >= 0.3 is 0 Å². The molecule has 4 nitrogen and oxygen atoms in total. The summed E-state index contributed by atoms with van der Waals surface area (Å²) in [4.78, 5) is 16.5. The van der Waals surface area contributed by atoms with Crippen LogP contribution in [0.25, 0.3) is 11.0 Å². The quantitative estimate of drug-likeness (QED) is 0.808. The molecule has 0 spiro atoms. The van der Waals surface area contributed by atoms with Crippen LogP contribution >= 0.6 is 35.4 Å². The van der Waals surface area contributed by atoms with Crippen molar-refractivity contribution >= 4 is 52.4 Å². The molecule has 1 atom stereocenters. The Morgan fingerprint density at radius 3 is 2.75 bits per heavy atom. The molecule has 1 saturated heterocycles. The second kappa shape index (κ2) is 5.06. The van der Waals surface area contributed by atoms with Gasteiger partial charge in [-0.05, 0) is 30.8 Å². The number of piperidine rings is 1. The summed E-state index contributed by atoms with van der Waals surface area (Å²) in [5, 5.41) is 1.00. The molecule has 0 saturated carbocycles. The number of hydrogen-bond donors (Lipinski definition) is 1. The first-order valence-corrected chi connectivity index (χ1v) is 7.47. The Bertz CT molecular complexity index is 752. The lowest BCUT2D eigenvalue weighted by Crippen LogP contribution is -2.37. The number of likely N-dealkylation sites (tertiary alicyclic amines) is 1. The predicted molar refractivity (Wildman–Crippen MR) is 83.1 cm³/mol. The van der Waals surface area contributed by atoms with E-state index in [9.17, 15) is 4.79 Å². The Hall–Kier alpha value is -1.04. The number of aromatic nitrogens is 2.